The SMILES string of the molecule is CCOC(=O)C1(c2ccc(-c3ccc(-c4onc(C)c4CC(O)OCc4ccccc4)cc3)cc2)CC1. The van der Waals surface area contributed by atoms with E-state index in [-0.39, 0.29) is 12.4 Å². The Hall–Kier alpha value is -3.74. The van der Waals surface area contributed by atoms with Crippen molar-refractivity contribution in [2.75, 3.05) is 6.61 Å². The van der Waals surface area contributed by atoms with Crippen LogP contribution < -0.4 is 0 Å². The normalized spacial score (nSPS) is 14.8. The van der Waals surface area contributed by atoms with Gasteiger partial charge in [-0.15, -0.1) is 0 Å². The van der Waals surface area contributed by atoms with Crippen LogP contribution in [0.4, 0.5) is 0 Å². The Balaban J connectivity index is 1.27. The molecule has 190 valence electrons. The topological polar surface area (TPSA) is 81.8 Å². The van der Waals surface area contributed by atoms with Crippen molar-refractivity contribution in [1.29, 1.82) is 0 Å². The molecular weight excluding hydrogens is 466 g/mol. The van der Waals surface area contributed by atoms with Gasteiger partial charge in [-0.25, -0.2) is 0 Å². The molecule has 6 heteroatoms. The van der Waals surface area contributed by atoms with Gasteiger partial charge in [-0.3, -0.25) is 4.79 Å². The highest BCUT2D eigenvalue weighted by atomic mass is 16.6. The van der Waals surface area contributed by atoms with E-state index in [1.165, 1.54) is 0 Å². The molecule has 0 spiro atoms. The first-order chi connectivity index (χ1) is 18.0. The predicted molar refractivity (Wildman–Crippen MR) is 141 cm³/mol. The predicted octanol–water partition coefficient (Wildman–Crippen LogP) is 5.99. The second-order valence-corrected chi connectivity index (χ2v) is 9.49. The van der Waals surface area contributed by atoms with Gasteiger partial charge in [-0.05, 0) is 48.9 Å². The Labute approximate surface area is 216 Å². The number of benzene rings is 3. The number of aryl methyl sites for hydroxylation is 1. The molecule has 4 aromatic rings. The quantitative estimate of drug-likeness (QED) is 0.214. The molecule has 0 bridgehead atoms. The third-order valence-electron chi connectivity index (χ3n) is 6.98. The summed E-state index contributed by atoms with van der Waals surface area (Å²) in [6.45, 7) is 4.43. The number of aromatic nitrogens is 1. The molecule has 1 aromatic heterocycles. The number of hydrogen-bond acceptors (Lipinski definition) is 6. The molecule has 6 nitrogen and oxygen atoms in total. The first kappa shape index (κ1) is 24.9. The van der Waals surface area contributed by atoms with Crippen LogP contribution in [0.1, 0.15) is 42.1 Å². The molecule has 1 heterocycles. The van der Waals surface area contributed by atoms with Gasteiger partial charge in [0, 0.05) is 17.5 Å². The summed E-state index contributed by atoms with van der Waals surface area (Å²) in [4.78, 5) is 12.4. The van der Waals surface area contributed by atoms with Crippen molar-refractivity contribution >= 4 is 5.97 Å². The van der Waals surface area contributed by atoms with Gasteiger partial charge in [-0.1, -0.05) is 84.0 Å². The summed E-state index contributed by atoms with van der Waals surface area (Å²) in [6, 6.07) is 26.0. The number of rotatable bonds is 10. The Morgan fingerprint density at radius 1 is 0.973 bits per heavy atom. The van der Waals surface area contributed by atoms with E-state index in [2.05, 4.69) is 5.16 Å². The van der Waals surface area contributed by atoms with Crippen LogP contribution in [0.5, 0.6) is 0 Å². The van der Waals surface area contributed by atoms with E-state index in [9.17, 15) is 9.90 Å². The van der Waals surface area contributed by atoms with Crippen molar-refractivity contribution in [3.05, 3.63) is 101 Å². The van der Waals surface area contributed by atoms with Crippen molar-refractivity contribution in [1.82, 2.24) is 5.16 Å². The van der Waals surface area contributed by atoms with Crippen LogP contribution in [-0.2, 0) is 32.7 Å². The minimum absolute atomic E-state index is 0.124. The average Bonchev–Trinajstić information content (AvgIpc) is 3.67. The smallest absolute Gasteiger partial charge is 0.316 e. The lowest BCUT2D eigenvalue weighted by atomic mass is 9.93. The van der Waals surface area contributed by atoms with Gasteiger partial charge in [0.1, 0.15) is 0 Å². The first-order valence-corrected chi connectivity index (χ1v) is 12.7. The maximum Gasteiger partial charge on any atom is 0.316 e. The summed E-state index contributed by atoms with van der Waals surface area (Å²) in [7, 11) is 0. The van der Waals surface area contributed by atoms with Crippen molar-refractivity contribution < 1.29 is 23.9 Å². The summed E-state index contributed by atoms with van der Waals surface area (Å²) in [5.74, 6) is 0.507. The molecule has 3 aromatic carbocycles. The summed E-state index contributed by atoms with van der Waals surface area (Å²) < 4.78 is 16.6. The number of esters is 1. The maximum absolute atomic E-state index is 12.4. The molecule has 5 rings (SSSR count). The van der Waals surface area contributed by atoms with E-state index < -0.39 is 11.7 Å². The zero-order valence-corrected chi connectivity index (χ0v) is 21.1. The molecule has 37 heavy (non-hydrogen) atoms. The summed E-state index contributed by atoms with van der Waals surface area (Å²) in [5, 5.41) is 14.6. The highest BCUT2D eigenvalue weighted by Crippen LogP contribution is 2.49. The Morgan fingerprint density at radius 3 is 2.22 bits per heavy atom. The molecule has 1 saturated carbocycles. The minimum Gasteiger partial charge on any atom is -0.465 e. The fraction of sp³-hybridized carbons (Fsp3) is 0.290. The molecular formula is C31H31NO5. The summed E-state index contributed by atoms with van der Waals surface area (Å²) in [5.41, 5.74) is 6.11. The van der Waals surface area contributed by atoms with Crippen molar-refractivity contribution in [2.24, 2.45) is 0 Å². The van der Waals surface area contributed by atoms with E-state index in [4.69, 9.17) is 14.0 Å². The number of carbonyl (C=O) groups is 1. The number of nitrogens with zero attached hydrogens (tertiary/aromatic N) is 1. The van der Waals surface area contributed by atoms with Crippen LogP contribution in [-0.4, -0.2) is 29.1 Å². The zero-order valence-electron chi connectivity index (χ0n) is 21.1. The second kappa shape index (κ2) is 10.7. The molecule has 1 aliphatic rings. The van der Waals surface area contributed by atoms with Gasteiger partial charge < -0.3 is 19.1 Å². The van der Waals surface area contributed by atoms with Crippen LogP contribution in [0.2, 0.25) is 0 Å². The highest BCUT2D eigenvalue weighted by Gasteiger charge is 2.52. The lowest BCUT2D eigenvalue weighted by Gasteiger charge is -2.15. The minimum atomic E-state index is -0.973. The molecule has 1 atom stereocenters. The van der Waals surface area contributed by atoms with E-state index in [1.54, 1.807) is 0 Å². The van der Waals surface area contributed by atoms with Crippen molar-refractivity contribution in [3.63, 3.8) is 0 Å². The van der Waals surface area contributed by atoms with Crippen molar-refractivity contribution in [3.8, 4) is 22.5 Å². The first-order valence-electron chi connectivity index (χ1n) is 12.7. The largest absolute Gasteiger partial charge is 0.465 e. The van der Waals surface area contributed by atoms with E-state index in [0.717, 1.165) is 51.9 Å². The second-order valence-electron chi connectivity index (χ2n) is 9.49. The Morgan fingerprint density at radius 2 is 1.59 bits per heavy atom. The van der Waals surface area contributed by atoms with Crippen LogP contribution >= 0.6 is 0 Å². The average molecular weight is 498 g/mol. The fourth-order valence-electron chi connectivity index (χ4n) is 4.66. The molecule has 0 saturated heterocycles. The van der Waals surface area contributed by atoms with Crippen LogP contribution in [0.15, 0.2) is 83.4 Å². The van der Waals surface area contributed by atoms with E-state index in [0.29, 0.717) is 19.0 Å². The number of aliphatic hydroxyl groups is 1. The van der Waals surface area contributed by atoms with E-state index in [1.807, 2.05) is 92.7 Å². The summed E-state index contributed by atoms with van der Waals surface area (Å²) in [6.07, 6.45) is 0.984. The standard InChI is InChI=1S/C31H31NO5/c1-3-35-30(34)31(17-18-31)26-15-13-24(14-16-26)23-9-11-25(12-10-23)29-27(21(2)32-37-29)19-28(33)36-20-22-7-5-4-6-8-22/h4-16,28,33H,3,17-20H2,1-2H3. The molecule has 1 aliphatic carbocycles. The van der Waals surface area contributed by atoms with Crippen LogP contribution in [0.3, 0.4) is 0 Å². The molecule has 1 unspecified atom stereocenters. The fourth-order valence-corrected chi connectivity index (χ4v) is 4.66. The van der Waals surface area contributed by atoms with Gasteiger partial charge >= 0.3 is 5.97 Å². The van der Waals surface area contributed by atoms with Gasteiger partial charge in [0.2, 0.25) is 0 Å². The van der Waals surface area contributed by atoms with Gasteiger partial charge in [0.25, 0.3) is 0 Å². The lowest BCUT2D eigenvalue weighted by Crippen LogP contribution is -2.23. The van der Waals surface area contributed by atoms with Crippen molar-refractivity contribution in [2.45, 2.75) is 51.4 Å². The number of aliphatic hydroxyl groups excluding tert-OH is 1. The number of ether oxygens (including phenoxy) is 2. The zero-order chi connectivity index (χ0) is 25.8. The Kier molecular flexibility index (Phi) is 7.22. The van der Waals surface area contributed by atoms with E-state index >= 15 is 0 Å². The van der Waals surface area contributed by atoms with Crippen LogP contribution in [0.25, 0.3) is 22.5 Å². The van der Waals surface area contributed by atoms with Gasteiger partial charge in [0.05, 0.1) is 24.3 Å². The third-order valence-corrected chi connectivity index (χ3v) is 6.98. The molecule has 0 radical (unpaired) electrons. The monoisotopic (exact) mass is 497 g/mol. The van der Waals surface area contributed by atoms with Gasteiger partial charge in [-0.2, -0.15) is 0 Å². The van der Waals surface area contributed by atoms with Crippen LogP contribution in [0, 0.1) is 6.92 Å². The molecule has 0 amide bonds. The lowest BCUT2D eigenvalue weighted by molar-refractivity contribution is -0.146. The number of carbonyl (C=O) groups excluding carboxylic acids is 1. The highest BCUT2D eigenvalue weighted by molar-refractivity contribution is 5.87. The Bertz CT molecular complexity index is 1340. The summed E-state index contributed by atoms with van der Waals surface area (Å²) >= 11 is 0. The molecule has 1 fully saturated rings. The molecule has 0 aliphatic heterocycles. The molecule has 1 N–H and O–H groups in total. The third kappa shape index (κ3) is 5.36. The maximum atomic E-state index is 12.4. The van der Waals surface area contributed by atoms with Gasteiger partial charge in [0.15, 0.2) is 12.1 Å². The number of hydrogen-bond donors (Lipinski definition) is 1.